The van der Waals surface area contributed by atoms with Gasteiger partial charge in [-0.05, 0) is 49.7 Å². The molecule has 2 aromatic rings. The zero-order valence-electron chi connectivity index (χ0n) is 17.1. The second-order valence-corrected chi connectivity index (χ2v) is 7.89. The molecule has 0 radical (unpaired) electrons. The summed E-state index contributed by atoms with van der Waals surface area (Å²) in [4.78, 5) is 30.3. The molecule has 0 bridgehead atoms. The van der Waals surface area contributed by atoms with E-state index in [0.717, 1.165) is 38.5 Å². The molecule has 0 saturated carbocycles. The fourth-order valence-electron chi connectivity index (χ4n) is 4.16. The Balaban J connectivity index is 1.21. The summed E-state index contributed by atoms with van der Waals surface area (Å²) in [6, 6.07) is 12.3. The second-order valence-electron chi connectivity index (χ2n) is 7.89. The topological polar surface area (TPSA) is 43.9 Å². The highest BCUT2D eigenvalue weighted by molar-refractivity contribution is 6.21. The zero-order chi connectivity index (χ0) is 22.0. The predicted octanol–water partition coefficient (Wildman–Crippen LogP) is 3.90. The molecule has 2 aliphatic rings. The smallest absolute Gasteiger partial charge is 0.369 e. The van der Waals surface area contributed by atoms with Crippen molar-refractivity contribution < 1.29 is 22.8 Å². The van der Waals surface area contributed by atoms with Gasteiger partial charge in [-0.2, -0.15) is 13.2 Å². The maximum Gasteiger partial charge on any atom is 0.416 e. The Bertz CT molecular complexity index is 934. The summed E-state index contributed by atoms with van der Waals surface area (Å²) in [6.45, 7) is 4.10. The number of carbonyl (C=O) groups excluding carboxylic acids is 2. The van der Waals surface area contributed by atoms with Gasteiger partial charge >= 0.3 is 6.18 Å². The standard InChI is InChI=1S/C23H24F3N3O2/c24-23(25,26)17-6-5-7-18(16-17)28-14-12-27(13-15-28)10-3-4-11-29-21(30)19-8-1-2-9-20(19)22(29)31/h1-2,5-9,16H,3-4,10-15H2. The predicted molar refractivity (Wildman–Crippen MR) is 111 cm³/mol. The number of anilines is 1. The molecule has 31 heavy (non-hydrogen) atoms. The van der Waals surface area contributed by atoms with E-state index in [1.165, 1.54) is 17.0 Å². The van der Waals surface area contributed by atoms with Crippen LogP contribution in [0.2, 0.25) is 0 Å². The highest BCUT2D eigenvalue weighted by Gasteiger charge is 2.34. The van der Waals surface area contributed by atoms with E-state index >= 15 is 0 Å². The molecule has 2 heterocycles. The number of fused-ring (bicyclic) bond motifs is 1. The molecule has 0 aliphatic carbocycles. The quantitative estimate of drug-likeness (QED) is 0.514. The summed E-state index contributed by atoms with van der Waals surface area (Å²) in [5.41, 5.74) is 0.914. The highest BCUT2D eigenvalue weighted by atomic mass is 19.4. The van der Waals surface area contributed by atoms with Crippen molar-refractivity contribution in [3.8, 4) is 0 Å². The minimum atomic E-state index is -4.34. The van der Waals surface area contributed by atoms with E-state index in [2.05, 4.69) is 4.90 Å². The van der Waals surface area contributed by atoms with E-state index in [9.17, 15) is 22.8 Å². The maximum absolute atomic E-state index is 12.9. The first-order chi connectivity index (χ1) is 14.8. The maximum atomic E-state index is 12.9. The molecule has 2 aliphatic heterocycles. The van der Waals surface area contributed by atoms with Gasteiger partial charge in [0, 0.05) is 38.4 Å². The zero-order valence-corrected chi connectivity index (χ0v) is 17.1. The van der Waals surface area contributed by atoms with Gasteiger partial charge in [-0.15, -0.1) is 0 Å². The molecule has 1 saturated heterocycles. The van der Waals surface area contributed by atoms with E-state index in [-0.39, 0.29) is 11.8 Å². The summed E-state index contributed by atoms with van der Waals surface area (Å²) in [5, 5.41) is 0. The number of alkyl halides is 3. The van der Waals surface area contributed by atoms with E-state index < -0.39 is 11.7 Å². The number of rotatable bonds is 6. The molecule has 8 heteroatoms. The second kappa shape index (κ2) is 8.70. The number of hydrogen-bond acceptors (Lipinski definition) is 4. The minimum absolute atomic E-state index is 0.227. The third-order valence-corrected chi connectivity index (χ3v) is 5.90. The van der Waals surface area contributed by atoms with E-state index in [0.29, 0.717) is 36.4 Å². The van der Waals surface area contributed by atoms with Crippen LogP contribution in [0, 0.1) is 0 Å². The Morgan fingerprint density at radius 3 is 2.00 bits per heavy atom. The van der Waals surface area contributed by atoms with Crippen molar-refractivity contribution in [1.29, 1.82) is 0 Å². The van der Waals surface area contributed by atoms with Crippen LogP contribution in [-0.2, 0) is 6.18 Å². The monoisotopic (exact) mass is 431 g/mol. The van der Waals surface area contributed by atoms with Gasteiger partial charge in [0.2, 0.25) is 0 Å². The minimum Gasteiger partial charge on any atom is -0.369 e. The molecule has 2 amide bonds. The summed E-state index contributed by atoms with van der Waals surface area (Å²) in [7, 11) is 0. The third kappa shape index (κ3) is 4.58. The average molecular weight is 431 g/mol. The molecule has 0 unspecified atom stereocenters. The third-order valence-electron chi connectivity index (χ3n) is 5.90. The first kappa shape index (κ1) is 21.4. The van der Waals surface area contributed by atoms with Crippen molar-refractivity contribution in [3.05, 3.63) is 65.2 Å². The number of halogens is 3. The number of piperazine rings is 1. The normalized spacial score (nSPS) is 17.4. The van der Waals surface area contributed by atoms with Gasteiger partial charge in [-0.3, -0.25) is 19.4 Å². The molecule has 2 aromatic carbocycles. The lowest BCUT2D eigenvalue weighted by molar-refractivity contribution is -0.137. The molecule has 1 fully saturated rings. The first-order valence-corrected chi connectivity index (χ1v) is 10.4. The van der Waals surface area contributed by atoms with Crippen LogP contribution in [0.15, 0.2) is 48.5 Å². The highest BCUT2D eigenvalue weighted by Crippen LogP contribution is 2.32. The van der Waals surface area contributed by atoms with E-state index in [1.807, 2.05) is 4.90 Å². The van der Waals surface area contributed by atoms with Crippen molar-refractivity contribution in [2.45, 2.75) is 19.0 Å². The summed E-state index contributed by atoms with van der Waals surface area (Å²) < 4.78 is 38.8. The van der Waals surface area contributed by atoms with Crippen LogP contribution in [0.1, 0.15) is 39.1 Å². The SMILES string of the molecule is O=C1c2ccccc2C(=O)N1CCCCN1CCN(c2cccc(C(F)(F)F)c2)CC1. The van der Waals surface area contributed by atoms with Crippen LogP contribution in [0.25, 0.3) is 0 Å². The van der Waals surface area contributed by atoms with Crippen LogP contribution in [0.3, 0.4) is 0 Å². The summed E-state index contributed by atoms with van der Waals surface area (Å²) in [6.07, 6.45) is -2.77. The Morgan fingerprint density at radius 1 is 0.774 bits per heavy atom. The van der Waals surface area contributed by atoms with Crippen LogP contribution >= 0.6 is 0 Å². The van der Waals surface area contributed by atoms with Gasteiger partial charge in [-0.25, -0.2) is 0 Å². The summed E-state index contributed by atoms with van der Waals surface area (Å²) >= 11 is 0. The Morgan fingerprint density at radius 2 is 1.39 bits per heavy atom. The molecule has 0 atom stereocenters. The fourth-order valence-corrected chi connectivity index (χ4v) is 4.16. The molecule has 4 rings (SSSR count). The lowest BCUT2D eigenvalue weighted by Crippen LogP contribution is -2.46. The van der Waals surface area contributed by atoms with Crippen molar-refractivity contribution in [3.63, 3.8) is 0 Å². The Hall–Kier alpha value is -2.87. The van der Waals surface area contributed by atoms with Crippen LogP contribution in [0.4, 0.5) is 18.9 Å². The molecule has 0 spiro atoms. The van der Waals surface area contributed by atoms with Crippen molar-refractivity contribution in [2.24, 2.45) is 0 Å². The van der Waals surface area contributed by atoms with Gasteiger partial charge in [-0.1, -0.05) is 18.2 Å². The Kier molecular flexibility index (Phi) is 6.00. The number of benzene rings is 2. The molecule has 0 N–H and O–H groups in total. The molecular weight excluding hydrogens is 407 g/mol. The first-order valence-electron chi connectivity index (χ1n) is 10.4. The molecular formula is C23H24F3N3O2. The van der Waals surface area contributed by atoms with Gasteiger partial charge < -0.3 is 4.90 Å². The number of unbranched alkanes of at least 4 members (excludes halogenated alkanes) is 1. The number of carbonyl (C=O) groups is 2. The van der Waals surface area contributed by atoms with Crippen LogP contribution < -0.4 is 4.90 Å². The lowest BCUT2D eigenvalue weighted by atomic mass is 10.1. The lowest BCUT2D eigenvalue weighted by Gasteiger charge is -2.36. The van der Waals surface area contributed by atoms with Crippen molar-refractivity contribution >= 4 is 17.5 Å². The number of hydrogen-bond donors (Lipinski definition) is 0. The largest absolute Gasteiger partial charge is 0.416 e. The average Bonchev–Trinajstić information content (AvgIpc) is 3.01. The summed E-state index contributed by atoms with van der Waals surface area (Å²) in [5.74, 6) is -0.453. The Labute approximate surface area is 179 Å². The molecule has 164 valence electrons. The van der Waals surface area contributed by atoms with Crippen LogP contribution in [0.5, 0.6) is 0 Å². The van der Waals surface area contributed by atoms with Gasteiger partial charge in [0.05, 0.1) is 16.7 Å². The number of amides is 2. The van der Waals surface area contributed by atoms with Crippen molar-refractivity contribution in [2.75, 3.05) is 44.2 Å². The van der Waals surface area contributed by atoms with Gasteiger partial charge in [0.1, 0.15) is 0 Å². The molecule has 5 nitrogen and oxygen atoms in total. The van der Waals surface area contributed by atoms with Crippen LogP contribution in [-0.4, -0.2) is 60.9 Å². The van der Waals surface area contributed by atoms with E-state index in [4.69, 9.17) is 0 Å². The fraction of sp³-hybridized carbons (Fsp3) is 0.391. The number of nitrogens with zero attached hydrogens (tertiary/aromatic N) is 3. The van der Waals surface area contributed by atoms with E-state index in [1.54, 1.807) is 30.3 Å². The van der Waals surface area contributed by atoms with Gasteiger partial charge in [0.25, 0.3) is 11.8 Å². The van der Waals surface area contributed by atoms with Gasteiger partial charge in [0.15, 0.2) is 0 Å². The van der Waals surface area contributed by atoms with Crippen molar-refractivity contribution in [1.82, 2.24) is 9.80 Å². The molecule has 0 aromatic heterocycles. The number of imide groups is 1.